The van der Waals surface area contributed by atoms with Gasteiger partial charge < -0.3 is 9.15 Å². The van der Waals surface area contributed by atoms with Crippen molar-refractivity contribution in [1.29, 1.82) is 0 Å². The number of sulfonamides is 2. The van der Waals surface area contributed by atoms with Crippen LogP contribution >= 0.6 is 0 Å². The summed E-state index contributed by atoms with van der Waals surface area (Å²) in [7, 11) is -7.27. The monoisotopic (exact) mass is 486 g/mol. The minimum absolute atomic E-state index is 0.0428. The third kappa shape index (κ3) is 4.60. The molecule has 0 atom stereocenters. The minimum atomic E-state index is -4.51. The molecular formula is C22H18N2O7S2. The molecule has 4 aromatic rings. The molecule has 3 N–H and O–H groups in total. The Bertz CT molecular complexity index is 1570. The predicted molar refractivity (Wildman–Crippen MR) is 121 cm³/mol. The Morgan fingerprint density at radius 3 is 2.21 bits per heavy atom. The van der Waals surface area contributed by atoms with Crippen molar-refractivity contribution in [3.05, 3.63) is 78.4 Å². The zero-order valence-corrected chi connectivity index (χ0v) is 18.8. The summed E-state index contributed by atoms with van der Waals surface area (Å²) >= 11 is 0. The second-order valence-electron chi connectivity index (χ2n) is 7.02. The third-order valence-corrected chi connectivity index (χ3v) is 7.31. The lowest BCUT2D eigenvalue weighted by molar-refractivity contribution is 0.0981. The molecule has 0 unspecified atom stereocenters. The van der Waals surface area contributed by atoms with Gasteiger partial charge in [0.05, 0.1) is 7.11 Å². The molecule has 0 saturated heterocycles. The number of carbonyl (C=O) groups excluding carboxylic acids is 1. The van der Waals surface area contributed by atoms with E-state index < -0.39 is 35.7 Å². The lowest BCUT2D eigenvalue weighted by atomic mass is 10.1. The first kappa shape index (κ1) is 22.5. The number of hydrogen-bond donors (Lipinski definition) is 2. The molecule has 11 heteroatoms. The molecule has 3 aromatic carbocycles. The van der Waals surface area contributed by atoms with Crippen LogP contribution < -0.4 is 14.6 Å². The molecule has 0 radical (unpaired) electrons. The van der Waals surface area contributed by atoms with E-state index in [0.717, 1.165) is 17.7 Å². The highest BCUT2D eigenvalue weighted by Crippen LogP contribution is 2.30. The fourth-order valence-corrected chi connectivity index (χ4v) is 5.58. The van der Waals surface area contributed by atoms with E-state index in [1.54, 1.807) is 31.4 Å². The predicted octanol–water partition coefficient (Wildman–Crippen LogP) is 2.87. The number of benzene rings is 3. The average molecular weight is 487 g/mol. The number of fused-ring (bicyclic) bond motifs is 1. The molecule has 9 nitrogen and oxygen atoms in total. The van der Waals surface area contributed by atoms with Crippen LogP contribution in [0.5, 0.6) is 5.75 Å². The van der Waals surface area contributed by atoms with Gasteiger partial charge in [-0.25, -0.2) is 26.7 Å². The number of methoxy groups -OCH3 is 1. The van der Waals surface area contributed by atoms with Crippen LogP contribution in [-0.4, -0.2) is 29.9 Å². The van der Waals surface area contributed by atoms with Gasteiger partial charge in [-0.05, 0) is 60.7 Å². The van der Waals surface area contributed by atoms with Gasteiger partial charge in [-0.3, -0.25) is 4.79 Å². The summed E-state index contributed by atoms with van der Waals surface area (Å²) in [5.74, 6) is 0.312. The zero-order chi connectivity index (χ0) is 23.8. The molecule has 0 fully saturated rings. The van der Waals surface area contributed by atoms with Crippen molar-refractivity contribution >= 4 is 36.9 Å². The molecule has 0 saturated carbocycles. The van der Waals surface area contributed by atoms with Gasteiger partial charge in [0.1, 0.15) is 26.9 Å². The summed E-state index contributed by atoms with van der Waals surface area (Å²) in [6.07, 6.45) is 0. The van der Waals surface area contributed by atoms with E-state index in [-0.39, 0.29) is 5.56 Å². The van der Waals surface area contributed by atoms with Crippen LogP contribution in [0.2, 0.25) is 0 Å². The largest absolute Gasteiger partial charge is 0.497 e. The van der Waals surface area contributed by atoms with Gasteiger partial charge >= 0.3 is 0 Å². The van der Waals surface area contributed by atoms with E-state index >= 15 is 0 Å². The molecule has 170 valence electrons. The van der Waals surface area contributed by atoms with Gasteiger partial charge in [-0.15, -0.1) is 0 Å². The summed E-state index contributed by atoms with van der Waals surface area (Å²) in [5.41, 5.74) is 1.33. The number of ether oxygens (including phenoxy) is 1. The van der Waals surface area contributed by atoms with Crippen LogP contribution in [0.25, 0.3) is 22.3 Å². The van der Waals surface area contributed by atoms with Crippen molar-refractivity contribution in [1.82, 2.24) is 4.72 Å². The highest BCUT2D eigenvalue weighted by atomic mass is 32.2. The molecule has 1 aromatic heterocycles. The topological polar surface area (TPSA) is 146 Å². The van der Waals surface area contributed by atoms with Crippen LogP contribution in [0.4, 0.5) is 0 Å². The van der Waals surface area contributed by atoms with Gasteiger partial charge in [0, 0.05) is 16.5 Å². The average Bonchev–Trinajstić information content (AvgIpc) is 3.22. The number of rotatable bonds is 6. The molecule has 1 heterocycles. The Labute approximate surface area is 189 Å². The van der Waals surface area contributed by atoms with Crippen molar-refractivity contribution in [2.24, 2.45) is 5.14 Å². The van der Waals surface area contributed by atoms with E-state index in [1.807, 2.05) is 16.9 Å². The SMILES string of the molecule is COc1ccc(-c2cc3cc(C(=O)NS(=O)(=O)c4ccccc4S(N)(=O)=O)ccc3o2)cc1. The van der Waals surface area contributed by atoms with Crippen molar-refractivity contribution in [3.8, 4) is 17.1 Å². The van der Waals surface area contributed by atoms with Crippen LogP contribution in [0.3, 0.4) is 0 Å². The Morgan fingerprint density at radius 2 is 1.58 bits per heavy atom. The summed E-state index contributed by atoms with van der Waals surface area (Å²) < 4.78 is 61.7. The van der Waals surface area contributed by atoms with Crippen molar-refractivity contribution in [3.63, 3.8) is 0 Å². The number of nitrogens with one attached hydrogen (secondary N) is 1. The zero-order valence-electron chi connectivity index (χ0n) is 17.2. The molecule has 4 rings (SSSR count). The normalized spacial score (nSPS) is 11.9. The highest BCUT2D eigenvalue weighted by molar-refractivity contribution is 7.92. The van der Waals surface area contributed by atoms with Crippen molar-refractivity contribution in [2.75, 3.05) is 7.11 Å². The fraction of sp³-hybridized carbons (Fsp3) is 0.0455. The van der Waals surface area contributed by atoms with Gasteiger partial charge in [0.15, 0.2) is 0 Å². The third-order valence-electron chi connectivity index (χ3n) is 4.83. The van der Waals surface area contributed by atoms with Crippen molar-refractivity contribution in [2.45, 2.75) is 9.79 Å². The Balaban J connectivity index is 1.63. The van der Waals surface area contributed by atoms with Crippen LogP contribution in [0.15, 0.2) is 87.0 Å². The number of primary sulfonamides is 1. The van der Waals surface area contributed by atoms with E-state index in [0.29, 0.717) is 22.5 Å². The maximum Gasteiger partial charge on any atom is 0.265 e. The Morgan fingerprint density at radius 1 is 0.909 bits per heavy atom. The molecule has 0 aliphatic heterocycles. The van der Waals surface area contributed by atoms with E-state index in [9.17, 15) is 21.6 Å². The lowest BCUT2D eigenvalue weighted by Gasteiger charge is -2.10. The van der Waals surface area contributed by atoms with Gasteiger partial charge in [0.25, 0.3) is 15.9 Å². The standard InChI is InChI=1S/C22H18N2O7S2/c1-30-17-9-6-14(7-10-17)19-13-16-12-15(8-11-18(16)31-19)22(25)24-33(28,29)21-5-3-2-4-20(21)32(23,26)27/h2-13H,1H3,(H,24,25)(H2,23,26,27). The van der Waals surface area contributed by atoms with E-state index in [2.05, 4.69) is 0 Å². The Hall–Kier alpha value is -3.67. The first-order valence-electron chi connectivity index (χ1n) is 9.45. The number of carbonyl (C=O) groups is 1. The number of furan rings is 1. The number of amides is 1. The van der Waals surface area contributed by atoms with E-state index in [1.165, 1.54) is 24.3 Å². The summed E-state index contributed by atoms with van der Waals surface area (Å²) in [6.45, 7) is 0. The van der Waals surface area contributed by atoms with Gasteiger partial charge in [-0.2, -0.15) is 0 Å². The smallest absolute Gasteiger partial charge is 0.265 e. The maximum absolute atomic E-state index is 12.7. The minimum Gasteiger partial charge on any atom is -0.497 e. The second-order valence-corrected chi connectivity index (χ2v) is 10.2. The summed E-state index contributed by atoms with van der Waals surface area (Å²) in [6, 6.07) is 18.1. The maximum atomic E-state index is 12.7. The molecule has 33 heavy (non-hydrogen) atoms. The molecule has 0 aliphatic carbocycles. The first-order chi connectivity index (χ1) is 15.6. The molecule has 0 spiro atoms. The van der Waals surface area contributed by atoms with Gasteiger partial charge in [-0.1, -0.05) is 12.1 Å². The molecular weight excluding hydrogens is 468 g/mol. The van der Waals surface area contributed by atoms with Gasteiger partial charge in [0.2, 0.25) is 10.0 Å². The Kier molecular flexibility index (Phi) is 5.70. The van der Waals surface area contributed by atoms with Crippen LogP contribution in [0.1, 0.15) is 10.4 Å². The lowest BCUT2D eigenvalue weighted by Crippen LogP contribution is -2.32. The fourth-order valence-electron chi connectivity index (χ4n) is 3.23. The highest BCUT2D eigenvalue weighted by Gasteiger charge is 2.26. The number of nitrogens with two attached hydrogens (primary N) is 1. The second kappa shape index (κ2) is 8.35. The van der Waals surface area contributed by atoms with Crippen LogP contribution in [0, 0.1) is 0 Å². The molecule has 1 amide bonds. The first-order valence-corrected chi connectivity index (χ1v) is 12.5. The summed E-state index contributed by atoms with van der Waals surface area (Å²) in [5, 5.41) is 5.68. The summed E-state index contributed by atoms with van der Waals surface area (Å²) in [4.78, 5) is 11.4. The van der Waals surface area contributed by atoms with Crippen LogP contribution in [-0.2, 0) is 20.0 Å². The number of hydrogen-bond acceptors (Lipinski definition) is 7. The molecule has 0 aliphatic rings. The quantitative estimate of drug-likeness (QED) is 0.426. The van der Waals surface area contributed by atoms with E-state index in [4.69, 9.17) is 14.3 Å². The molecule has 0 bridgehead atoms. The van der Waals surface area contributed by atoms with Crippen molar-refractivity contribution < 1.29 is 30.8 Å².